The number of carbonyl (C=O) groups is 2. The fourth-order valence-corrected chi connectivity index (χ4v) is 6.43. The first kappa shape index (κ1) is 29.6. The van der Waals surface area contributed by atoms with Gasteiger partial charge in [-0.2, -0.15) is 11.8 Å². The van der Waals surface area contributed by atoms with Gasteiger partial charge in [-0.1, -0.05) is 37.1 Å². The Hall–Kier alpha value is -1.98. The molecule has 0 bridgehead atoms. The van der Waals surface area contributed by atoms with Gasteiger partial charge in [-0.25, -0.2) is 4.98 Å². The minimum atomic E-state index is -0.773. The number of nitrogens with two attached hydrogens (primary N) is 2. The van der Waals surface area contributed by atoms with Crippen molar-refractivity contribution < 1.29 is 14.7 Å². The van der Waals surface area contributed by atoms with Gasteiger partial charge in [0.2, 0.25) is 11.8 Å². The van der Waals surface area contributed by atoms with Gasteiger partial charge >= 0.3 is 0 Å². The maximum atomic E-state index is 13.4. The lowest BCUT2D eigenvalue weighted by molar-refractivity contribution is -0.140. The number of benzene rings is 1. The Balaban J connectivity index is 1.54. The number of nitrogens with zero attached hydrogens (tertiary/aromatic N) is 2. The van der Waals surface area contributed by atoms with E-state index < -0.39 is 22.9 Å². The SMILES string of the molecule is Cc1ncsc1-c1ccc(CNC(=O)[C@@H]2C[C@@H](O)CN2C(=O)[C@@H](N)C(C)(C)SCCCCCCN)cc1. The third-order valence-electron chi connectivity index (χ3n) is 6.88. The van der Waals surface area contributed by atoms with Crippen molar-refractivity contribution in [2.45, 2.75) is 82.4 Å². The van der Waals surface area contributed by atoms with Gasteiger partial charge in [0.15, 0.2) is 0 Å². The maximum Gasteiger partial charge on any atom is 0.243 e. The molecule has 0 spiro atoms. The van der Waals surface area contributed by atoms with E-state index in [1.165, 1.54) is 4.90 Å². The van der Waals surface area contributed by atoms with Crippen LogP contribution in [0.15, 0.2) is 29.8 Å². The van der Waals surface area contributed by atoms with Gasteiger partial charge in [-0.15, -0.1) is 11.3 Å². The third-order valence-corrected chi connectivity index (χ3v) is 9.35. The van der Waals surface area contributed by atoms with Crippen molar-refractivity contribution in [3.63, 3.8) is 0 Å². The standard InChI is InChI=1S/C27H41N5O3S2/c1-18-23(36-17-31-18)20-10-8-19(9-11-20)15-30-25(34)22-14-21(33)16-32(22)26(35)24(29)27(2,3)37-13-7-5-4-6-12-28/h8-11,17,21-22,24,33H,4-7,12-16,28-29H2,1-3H3,(H,30,34)/t21-,22+,24-/m1/s1. The second-order valence-corrected chi connectivity index (χ2v) is 12.8. The molecule has 10 heteroatoms. The van der Waals surface area contributed by atoms with E-state index in [1.54, 1.807) is 23.1 Å². The molecule has 204 valence electrons. The number of thioether (sulfide) groups is 1. The summed E-state index contributed by atoms with van der Waals surface area (Å²) in [7, 11) is 0. The summed E-state index contributed by atoms with van der Waals surface area (Å²) >= 11 is 3.28. The Labute approximate surface area is 228 Å². The van der Waals surface area contributed by atoms with E-state index in [-0.39, 0.29) is 24.8 Å². The maximum absolute atomic E-state index is 13.4. The summed E-state index contributed by atoms with van der Waals surface area (Å²) in [6, 6.07) is 6.50. The van der Waals surface area contributed by atoms with Crippen molar-refractivity contribution in [3.8, 4) is 10.4 Å². The fraction of sp³-hybridized carbons (Fsp3) is 0.593. The second kappa shape index (κ2) is 13.7. The molecule has 0 aliphatic carbocycles. The summed E-state index contributed by atoms with van der Waals surface area (Å²) in [5.74, 6) is 0.346. The number of aromatic nitrogens is 1. The van der Waals surface area contributed by atoms with Crippen LogP contribution in [0.1, 0.15) is 57.2 Å². The van der Waals surface area contributed by atoms with Gasteiger partial charge in [0, 0.05) is 24.3 Å². The van der Waals surface area contributed by atoms with Gasteiger partial charge in [-0.05, 0) is 57.0 Å². The molecule has 0 unspecified atom stereocenters. The number of β-amino-alcohol motifs (C(OH)–C–C–N with tert-alkyl or cyclic N) is 1. The van der Waals surface area contributed by atoms with E-state index in [0.29, 0.717) is 13.1 Å². The van der Waals surface area contributed by atoms with Gasteiger partial charge in [0.05, 0.1) is 28.2 Å². The second-order valence-electron chi connectivity index (χ2n) is 10.2. The number of carbonyl (C=O) groups excluding carboxylic acids is 2. The van der Waals surface area contributed by atoms with Crippen molar-refractivity contribution in [2.24, 2.45) is 11.5 Å². The molecule has 0 radical (unpaired) electrons. The van der Waals surface area contributed by atoms with Crippen molar-refractivity contribution in [1.82, 2.24) is 15.2 Å². The molecule has 1 aromatic carbocycles. The van der Waals surface area contributed by atoms with Crippen LogP contribution in [0.2, 0.25) is 0 Å². The highest BCUT2D eigenvalue weighted by Crippen LogP contribution is 2.31. The number of rotatable bonds is 13. The molecule has 3 atom stereocenters. The van der Waals surface area contributed by atoms with Crippen LogP contribution in [0.4, 0.5) is 0 Å². The largest absolute Gasteiger partial charge is 0.391 e. The van der Waals surface area contributed by atoms with Gasteiger partial charge < -0.3 is 26.8 Å². The summed E-state index contributed by atoms with van der Waals surface area (Å²) in [6.45, 7) is 7.10. The predicted octanol–water partition coefficient (Wildman–Crippen LogP) is 3.05. The lowest BCUT2D eigenvalue weighted by atomic mass is 10.0. The summed E-state index contributed by atoms with van der Waals surface area (Å²) in [6.07, 6.45) is 3.77. The highest BCUT2D eigenvalue weighted by Gasteiger charge is 2.43. The summed E-state index contributed by atoms with van der Waals surface area (Å²) in [5, 5.41) is 13.2. The number of nitrogens with one attached hydrogen (secondary N) is 1. The molecule has 1 aliphatic rings. The predicted molar refractivity (Wildman–Crippen MR) is 152 cm³/mol. The van der Waals surface area contributed by atoms with Crippen molar-refractivity contribution >= 4 is 34.9 Å². The fourth-order valence-electron chi connectivity index (χ4n) is 4.47. The van der Waals surface area contributed by atoms with Crippen LogP contribution in [-0.2, 0) is 16.1 Å². The molecular weight excluding hydrogens is 506 g/mol. The first-order valence-corrected chi connectivity index (χ1v) is 14.9. The molecule has 3 rings (SSSR count). The first-order chi connectivity index (χ1) is 17.6. The number of aryl methyl sites for hydroxylation is 1. The van der Waals surface area contributed by atoms with E-state index in [2.05, 4.69) is 10.3 Å². The number of unbranched alkanes of at least 4 members (excludes halogenated alkanes) is 3. The Kier molecular flexibility index (Phi) is 11.0. The topological polar surface area (TPSA) is 135 Å². The van der Waals surface area contributed by atoms with Gasteiger partial charge in [0.25, 0.3) is 0 Å². The van der Waals surface area contributed by atoms with Crippen molar-refractivity contribution in [1.29, 1.82) is 0 Å². The van der Waals surface area contributed by atoms with Crippen LogP contribution < -0.4 is 16.8 Å². The highest BCUT2D eigenvalue weighted by molar-refractivity contribution is 8.00. The van der Waals surface area contributed by atoms with E-state index in [0.717, 1.165) is 53.1 Å². The van der Waals surface area contributed by atoms with E-state index in [9.17, 15) is 14.7 Å². The molecule has 1 aliphatic heterocycles. The molecule has 8 nitrogen and oxygen atoms in total. The number of thiazole rings is 1. The third kappa shape index (κ3) is 8.00. The smallest absolute Gasteiger partial charge is 0.243 e. The number of aliphatic hydroxyl groups is 1. The van der Waals surface area contributed by atoms with Crippen LogP contribution in [0.5, 0.6) is 0 Å². The van der Waals surface area contributed by atoms with Gasteiger partial charge in [0.1, 0.15) is 6.04 Å². The van der Waals surface area contributed by atoms with Crippen LogP contribution >= 0.6 is 23.1 Å². The highest BCUT2D eigenvalue weighted by atomic mass is 32.2. The zero-order valence-corrected chi connectivity index (χ0v) is 23.7. The summed E-state index contributed by atoms with van der Waals surface area (Å²) < 4.78 is -0.488. The monoisotopic (exact) mass is 547 g/mol. The van der Waals surface area contributed by atoms with Crippen LogP contribution in [-0.4, -0.2) is 68.6 Å². The molecule has 1 aromatic heterocycles. The van der Waals surface area contributed by atoms with Crippen LogP contribution in [0.25, 0.3) is 10.4 Å². The number of hydrogen-bond acceptors (Lipinski definition) is 8. The molecule has 2 amide bonds. The summed E-state index contributed by atoms with van der Waals surface area (Å²) in [4.78, 5) is 33.3. The molecule has 0 saturated carbocycles. The lowest BCUT2D eigenvalue weighted by Gasteiger charge is -2.34. The zero-order chi connectivity index (χ0) is 27.0. The number of likely N-dealkylation sites (tertiary alicyclic amines) is 1. The minimum absolute atomic E-state index is 0.118. The lowest BCUT2D eigenvalue weighted by Crippen LogP contribution is -2.57. The van der Waals surface area contributed by atoms with E-state index in [1.807, 2.05) is 50.5 Å². The zero-order valence-electron chi connectivity index (χ0n) is 22.1. The molecule has 2 heterocycles. The molecule has 1 saturated heterocycles. The molecule has 37 heavy (non-hydrogen) atoms. The van der Waals surface area contributed by atoms with Crippen LogP contribution in [0, 0.1) is 6.92 Å². The molecule has 1 fully saturated rings. The van der Waals surface area contributed by atoms with Crippen LogP contribution in [0.3, 0.4) is 0 Å². The van der Waals surface area contributed by atoms with E-state index >= 15 is 0 Å². The quantitative estimate of drug-likeness (QED) is 0.283. The summed E-state index contributed by atoms with van der Waals surface area (Å²) in [5.41, 5.74) is 16.9. The number of amides is 2. The van der Waals surface area contributed by atoms with Gasteiger partial charge in [-0.3, -0.25) is 9.59 Å². The average molecular weight is 548 g/mol. The number of aliphatic hydroxyl groups excluding tert-OH is 1. The van der Waals surface area contributed by atoms with Crippen molar-refractivity contribution in [3.05, 3.63) is 41.0 Å². The average Bonchev–Trinajstić information content (AvgIpc) is 3.49. The Morgan fingerprint density at radius 1 is 1.24 bits per heavy atom. The molecule has 6 N–H and O–H groups in total. The number of hydrogen-bond donors (Lipinski definition) is 4. The Bertz CT molecular complexity index is 1030. The molecular formula is C27H41N5O3S2. The normalized spacial score (nSPS) is 18.7. The van der Waals surface area contributed by atoms with Crippen molar-refractivity contribution in [2.75, 3.05) is 18.8 Å². The van der Waals surface area contributed by atoms with E-state index in [4.69, 9.17) is 11.5 Å². The minimum Gasteiger partial charge on any atom is -0.391 e. The Morgan fingerprint density at radius 3 is 2.59 bits per heavy atom. The Morgan fingerprint density at radius 2 is 1.95 bits per heavy atom. The molecule has 2 aromatic rings. The first-order valence-electron chi connectivity index (χ1n) is 13.0.